The third-order valence-electron chi connectivity index (χ3n) is 13.0. The van der Waals surface area contributed by atoms with Gasteiger partial charge in [0.25, 0.3) is 0 Å². The molecule has 11 aromatic carbocycles. The van der Waals surface area contributed by atoms with Crippen LogP contribution in [0.1, 0.15) is 0 Å². The molecule has 13 rings (SSSR count). The Morgan fingerprint density at radius 2 is 0.500 bits per heavy atom. The van der Waals surface area contributed by atoms with Crippen LogP contribution in [0.5, 0.6) is 0 Å². The van der Waals surface area contributed by atoms with Crippen molar-refractivity contribution < 1.29 is 0 Å². The summed E-state index contributed by atoms with van der Waals surface area (Å²) in [5, 5.41) is 9.78. The van der Waals surface area contributed by atoms with E-state index in [1.54, 1.807) is 0 Å². The molecule has 2 heterocycles. The molecule has 0 N–H and O–H groups in total. The minimum atomic E-state index is 1.10. The zero-order chi connectivity index (χ0) is 43.6. The second-order valence-corrected chi connectivity index (χ2v) is 19.0. The van der Waals surface area contributed by atoms with Gasteiger partial charge in [-0.15, -0.1) is 22.7 Å². The van der Waals surface area contributed by atoms with Gasteiger partial charge in [-0.2, -0.15) is 0 Å². The number of nitrogens with zero attached hydrogens (tertiary/aromatic N) is 2. The zero-order valence-electron chi connectivity index (χ0n) is 35.8. The van der Waals surface area contributed by atoms with Gasteiger partial charge in [0, 0.05) is 84.6 Å². The molecule has 0 radical (unpaired) electrons. The van der Waals surface area contributed by atoms with E-state index in [0.29, 0.717) is 0 Å². The van der Waals surface area contributed by atoms with Crippen molar-refractivity contribution in [3.63, 3.8) is 0 Å². The van der Waals surface area contributed by atoms with Gasteiger partial charge in [0.15, 0.2) is 0 Å². The highest BCUT2D eigenvalue weighted by Gasteiger charge is 2.26. The van der Waals surface area contributed by atoms with E-state index < -0.39 is 0 Å². The van der Waals surface area contributed by atoms with Gasteiger partial charge < -0.3 is 9.80 Å². The van der Waals surface area contributed by atoms with E-state index in [4.69, 9.17) is 0 Å². The van der Waals surface area contributed by atoms with Crippen molar-refractivity contribution in [1.82, 2.24) is 0 Å². The minimum Gasteiger partial charge on any atom is -0.309 e. The van der Waals surface area contributed by atoms with Gasteiger partial charge in [-0.05, 0) is 95.1 Å². The Morgan fingerprint density at radius 3 is 0.879 bits per heavy atom. The fraction of sp³-hybridized carbons (Fsp3) is 0. The Hall–Kier alpha value is -8.02. The van der Waals surface area contributed by atoms with E-state index in [0.717, 1.165) is 34.1 Å². The first-order valence-electron chi connectivity index (χ1n) is 22.4. The smallest absolute Gasteiger partial charge is 0.0619 e. The number of thiophene rings is 2. The van der Waals surface area contributed by atoms with E-state index in [9.17, 15) is 0 Å². The molecule has 0 amide bonds. The Balaban J connectivity index is 1.08. The van der Waals surface area contributed by atoms with Crippen LogP contribution >= 0.6 is 22.7 Å². The predicted molar refractivity (Wildman–Crippen MR) is 287 cm³/mol. The molecule has 310 valence electrons. The first kappa shape index (κ1) is 38.4. The molecule has 0 unspecified atom stereocenters. The molecule has 0 fully saturated rings. The van der Waals surface area contributed by atoms with Crippen LogP contribution in [0.4, 0.5) is 34.1 Å². The lowest BCUT2D eigenvalue weighted by Crippen LogP contribution is -2.14. The molecular weight excluding hydrogens is 837 g/mol. The standard InChI is InChI=1S/C62H40N2S2/c1-3-15-41(16-4-1)43-27-31-45(32-28-43)63(47-35-37-59-55(39-47)49-19-11-13-25-57(49)65-59)61-51-21-7-9-23-53(51)62(54-24-10-8-22-52(54)61)64(46-33-29-44(30-34-46)42-17-5-2-6-18-42)48-36-38-60-56(40-48)50-20-12-14-26-58(50)66-60/h1-40H. The zero-order valence-corrected chi connectivity index (χ0v) is 37.4. The molecule has 0 saturated carbocycles. The second-order valence-electron chi connectivity index (χ2n) is 16.8. The summed E-state index contributed by atoms with van der Waals surface area (Å²) in [4.78, 5) is 5.00. The highest BCUT2D eigenvalue weighted by molar-refractivity contribution is 7.26. The van der Waals surface area contributed by atoms with Crippen LogP contribution in [0, 0.1) is 0 Å². The molecule has 0 bridgehead atoms. The summed E-state index contributed by atoms with van der Waals surface area (Å²) in [5.74, 6) is 0. The maximum Gasteiger partial charge on any atom is 0.0619 e. The van der Waals surface area contributed by atoms with Gasteiger partial charge >= 0.3 is 0 Å². The summed E-state index contributed by atoms with van der Waals surface area (Å²) >= 11 is 3.71. The van der Waals surface area contributed by atoms with Gasteiger partial charge in [0.2, 0.25) is 0 Å². The molecular formula is C62H40N2S2. The van der Waals surface area contributed by atoms with Crippen molar-refractivity contribution in [2.45, 2.75) is 0 Å². The summed E-state index contributed by atoms with van der Waals surface area (Å²) in [5.41, 5.74) is 11.5. The molecule has 0 atom stereocenters. The fourth-order valence-electron chi connectivity index (χ4n) is 9.95. The van der Waals surface area contributed by atoms with Gasteiger partial charge in [-0.3, -0.25) is 0 Å². The Kier molecular flexibility index (Phi) is 9.26. The monoisotopic (exact) mass is 876 g/mol. The van der Waals surface area contributed by atoms with E-state index in [2.05, 4.69) is 252 Å². The highest BCUT2D eigenvalue weighted by Crippen LogP contribution is 2.52. The largest absolute Gasteiger partial charge is 0.309 e. The summed E-state index contributed by atoms with van der Waals surface area (Å²) in [6, 6.07) is 89.2. The van der Waals surface area contributed by atoms with E-state index in [1.165, 1.54) is 84.1 Å². The number of benzene rings is 11. The third kappa shape index (κ3) is 6.45. The Labute approximate surface area is 391 Å². The number of hydrogen-bond donors (Lipinski definition) is 0. The maximum atomic E-state index is 2.50. The molecule has 0 aliphatic carbocycles. The van der Waals surface area contributed by atoms with Crippen LogP contribution in [0.3, 0.4) is 0 Å². The van der Waals surface area contributed by atoms with Crippen molar-refractivity contribution in [3.8, 4) is 22.3 Å². The normalized spacial score (nSPS) is 11.6. The molecule has 2 aromatic heterocycles. The van der Waals surface area contributed by atoms with Crippen LogP contribution in [0.25, 0.3) is 84.1 Å². The van der Waals surface area contributed by atoms with E-state index in [-0.39, 0.29) is 0 Å². The quantitative estimate of drug-likeness (QED) is 0.111. The summed E-state index contributed by atoms with van der Waals surface area (Å²) in [6.07, 6.45) is 0. The van der Waals surface area contributed by atoms with Crippen molar-refractivity contribution in [2.24, 2.45) is 0 Å². The SMILES string of the molecule is c1ccc(-c2ccc(N(c3ccc4sc5ccccc5c4c3)c3c4ccccc4c(N(c4ccc(-c5ccccc5)cc4)c4ccc5sc6ccccc6c5c4)c4ccccc34)cc2)cc1. The average molecular weight is 877 g/mol. The molecule has 0 aliphatic heterocycles. The highest BCUT2D eigenvalue weighted by atomic mass is 32.1. The van der Waals surface area contributed by atoms with Crippen molar-refractivity contribution >= 4 is 119 Å². The summed E-state index contributed by atoms with van der Waals surface area (Å²) in [7, 11) is 0. The van der Waals surface area contributed by atoms with Crippen molar-refractivity contribution in [3.05, 3.63) is 243 Å². The lowest BCUT2D eigenvalue weighted by molar-refractivity contribution is 1.30. The average Bonchev–Trinajstić information content (AvgIpc) is 3.96. The summed E-state index contributed by atoms with van der Waals surface area (Å²) < 4.78 is 5.17. The molecule has 13 aromatic rings. The van der Waals surface area contributed by atoms with Crippen molar-refractivity contribution in [1.29, 1.82) is 0 Å². The lowest BCUT2D eigenvalue weighted by atomic mass is 9.95. The van der Waals surface area contributed by atoms with Gasteiger partial charge in [0.1, 0.15) is 0 Å². The van der Waals surface area contributed by atoms with E-state index >= 15 is 0 Å². The minimum absolute atomic E-state index is 1.10. The van der Waals surface area contributed by atoms with Gasteiger partial charge in [-0.1, -0.05) is 170 Å². The maximum absolute atomic E-state index is 2.50. The van der Waals surface area contributed by atoms with Crippen LogP contribution in [0.2, 0.25) is 0 Å². The Bertz CT molecular complexity index is 3610. The number of hydrogen-bond acceptors (Lipinski definition) is 4. The molecule has 4 heteroatoms. The van der Waals surface area contributed by atoms with Crippen molar-refractivity contribution in [2.75, 3.05) is 9.80 Å². The van der Waals surface area contributed by atoms with Gasteiger partial charge in [0.05, 0.1) is 11.4 Å². The predicted octanol–water partition coefficient (Wildman–Crippen LogP) is 19.0. The molecule has 0 saturated heterocycles. The fourth-order valence-corrected chi connectivity index (χ4v) is 12.1. The number of anilines is 6. The summed E-state index contributed by atoms with van der Waals surface area (Å²) in [6.45, 7) is 0. The van der Waals surface area contributed by atoms with Crippen LogP contribution in [-0.4, -0.2) is 0 Å². The topological polar surface area (TPSA) is 6.48 Å². The second kappa shape index (κ2) is 15.9. The molecule has 0 spiro atoms. The number of rotatable bonds is 8. The number of fused-ring (bicyclic) bond motifs is 8. The molecule has 0 aliphatic rings. The molecule has 66 heavy (non-hydrogen) atoms. The molecule has 2 nitrogen and oxygen atoms in total. The first-order valence-corrected chi connectivity index (χ1v) is 24.0. The lowest BCUT2D eigenvalue weighted by Gasteiger charge is -2.33. The van der Waals surface area contributed by atoms with Crippen LogP contribution < -0.4 is 9.80 Å². The third-order valence-corrected chi connectivity index (χ3v) is 15.3. The van der Waals surface area contributed by atoms with Crippen LogP contribution in [0.15, 0.2) is 243 Å². The van der Waals surface area contributed by atoms with Gasteiger partial charge in [-0.25, -0.2) is 0 Å². The van der Waals surface area contributed by atoms with Crippen LogP contribution in [-0.2, 0) is 0 Å². The Morgan fingerprint density at radius 1 is 0.212 bits per heavy atom. The first-order chi connectivity index (χ1) is 32.7. The van der Waals surface area contributed by atoms with E-state index in [1.807, 2.05) is 22.7 Å².